The van der Waals surface area contributed by atoms with E-state index in [9.17, 15) is 0 Å². The molecule has 0 bridgehead atoms. The van der Waals surface area contributed by atoms with Crippen molar-refractivity contribution >= 4 is 0 Å². The van der Waals surface area contributed by atoms with Gasteiger partial charge in [-0.15, -0.1) is 0 Å². The van der Waals surface area contributed by atoms with Crippen molar-refractivity contribution in [2.75, 3.05) is 0 Å². The smallest absolute Gasteiger partial charge is 0.0512 e. The lowest BCUT2D eigenvalue weighted by molar-refractivity contribution is 0.183. The minimum atomic E-state index is -0.102. The number of rotatable bonds is 4. The van der Waals surface area contributed by atoms with Crippen LogP contribution >= 0.6 is 0 Å². The summed E-state index contributed by atoms with van der Waals surface area (Å²) in [6.07, 6.45) is 3.82. The highest BCUT2D eigenvalue weighted by Crippen LogP contribution is 1.91. The summed E-state index contributed by atoms with van der Waals surface area (Å²) in [5.74, 6) is 0. The van der Waals surface area contributed by atoms with Crippen LogP contribution in [0.5, 0.6) is 0 Å². The summed E-state index contributed by atoms with van der Waals surface area (Å²) in [5, 5.41) is 17.1. The van der Waals surface area contributed by atoms with Crippen LogP contribution in [0, 0.1) is 0 Å². The Hall–Kier alpha value is -0.0800. The van der Waals surface area contributed by atoms with Crippen LogP contribution in [0.15, 0.2) is 0 Å². The van der Waals surface area contributed by atoms with Crippen LogP contribution < -0.4 is 0 Å². The Bertz CT molecular complexity index is 60.2. The summed E-state index contributed by atoms with van der Waals surface area (Å²) in [4.78, 5) is 0. The van der Waals surface area contributed by atoms with Gasteiger partial charge in [0.1, 0.15) is 0 Å². The highest BCUT2D eigenvalue weighted by atomic mass is 16.3. The van der Waals surface area contributed by atoms with Gasteiger partial charge in [0, 0.05) is 0 Å². The van der Waals surface area contributed by atoms with Crippen molar-refractivity contribution < 1.29 is 10.2 Å². The standard InChI is InChI=1S/2C5H12O/c2*1-3-4-5(2)6/h2*5-6H,3-4H2,1-2H3/t2*5-/m10/s1. The monoisotopic (exact) mass is 176 g/mol. The molecule has 0 aliphatic heterocycles. The normalized spacial score (nSPS) is 14.5. The van der Waals surface area contributed by atoms with Crippen LogP contribution in [-0.2, 0) is 0 Å². The lowest BCUT2D eigenvalue weighted by atomic mass is 10.2. The minimum Gasteiger partial charge on any atom is -0.393 e. The molecule has 0 aromatic carbocycles. The zero-order valence-electron chi connectivity index (χ0n) is 8.88. The fraction of sp³-hybridized carbons (Fsp3) is 1.00. The van der Waals surface area contributed by atoms with E-state index in [4.69, 9.17) is 10.2 Å². The van der Waals surface area contributed by atoms with E-state index in [0.29, 0.717) is 0 Å². The number of aliphatic hydroxyl groups is 2. The third-order valence-electron chi connectivity index (χ3n) is 1.41. The molecule has 2 heteroatoms. The first-order valence-electron chi connectivity index (χ1n) is 4.90. The molecule has 12 heavy (non-hydrogen) atoms. The first-order valence-corrected chi connectivity index (χ1v) is 4.90. The molecule has 0 unspecified atom stereocenters. The van der Waals surface area contributed by atoms with E-state index >= 15 is 0 Å². The predicted molar refractivity (Wildman–Crippen MR) is 53.2 cm³/mol. The van der Waals surface area contributed by atoms with Crippen molar-refractivity contribution in [2.24, 2.45) is 0 Å². The van der Waals surface area contributed by atoms with Crippen molar-refractivity contribution in [1.29, 1.82) is 0 Å². The lowest BCUT2D eigenvalue weighted by Crippen LogP contribution is -1.95. The summed E-state index contributed by atoms with van der Waals surface area (Å²) in [6, 6.07) is 0. The number of hydrogen-bond donors (Lipinski definition) is 2. The Morgan fingerprint density at radius 2 is 1.08 bits per heavy atom. The summed E-state index contributed by atoms with van der Waals surface area (Å²) in [7, 11) is 0. The molecule has 2 atom stereocenters. The molecule has 0 rings (SSSR count). The topological polar surface area (TPSA) is 40.5 Å². The summed E-state index contributed by atoms with van der Waals surface area (Å²) >= 11 is 0. The maximum atomic E-state index is 8.55. The average molecular weight is 176 g/mol. The van der Waals surface area contributed by atoms with Crippen LogP contribution in [0.3, 0.4) is 0 Å². The molecule has 0 aliphatic rings. The Labute approximate surface area is 76.6 Å². The van der Waals surface area contributed by atoms with E-state index in [1.54, 1.807) is 0 Å². The van der Waals surface area contributed by atoms with Gasteiger partial charge >= 0.3 is 0 Å². The van der Waals surface area contributed by atoms with Gasteiger partial charge in [-0.05, 0) is 26.7 Å². The van der Waals surface area contributed by atoms with Crippen molar-refractivity contribution in [3.63, 3.8) is 0 Å². The van der Waals surface area contributed by atoms with Crippen molar-refractivity contribution in [1.82, 2.24) is 0 Å². The van der Waals surface area contributed by atoms with E-state index in [2.05, 4.69) is 13.8 Å². The molecule has 0 aromatic heterocycles. The van der Waals surface area contributed by atoms with Gasteiger partial charge in [0.2, 0.25) is 0 Å². The fourth-order valence-electron chi connectivity index (χ4n) is 0.836. The van der Waals surface area contributed by atoms with Crippen molar-refractivity contribution in [3.05, 3.63) is 0 Å². The minimum absolute atomic E-state index is 0.102. The maximum absolute atomic E-state index is 8.55. The first-order chi connectivity index (χ1) is 5.54. The highest BCUT2D eigenvalue weighted by molar-refractivity contribution is 4.41. The van der Waals surface area contributed by atoms with E-state index in [1.165, 1.54) is 0 Å². The van der Waals surface area contributed by atoms with E-state index in [-0.39, 0.29) is 12.2 Å². The fourth-order valence-corrected chi connectivity index (χ4v) is 0.836. The first kappa shape index (κ1) is 14.4. The van der Waals surface area contributed by atoms with Crippen LogP contribution in [-0.4, -0.2) is 22.4 Å². The van der Waals surface area contributed by atoms with Gasteiger partial charge in [-0.1, -0.05) is 26.7 Å². The van der Waals surface area contributed by atoms with E-state index < -0.39 is 0 Å². The molecule has 0 spiro atoms. The third-order valence-corrected chi connectivity index (χ3v) is 1.41. The van der Waals surface area contributed by atoms with Crippen LogP contribution in [0.4, 0.5) is 0 Å². The molecule has 0 fully saturated rings. The van der Waals surface area contributed by atoms with Gasteiger partial charge in [-0.3, -0.25) is 0 Å². The van der Waals surface area contributed by atoms with Gasteiger partial charge in [-0.2, -0.15) is 0 Å². The van der Waals surface area contributed by atoms with Crippen molar-refractivity contribution in [2.45, 2.75) is 65.6 Å². The second-order valence-electron chi connectivity index (χ2n) is 3.28. The molecule has 0 heterocycles. The Kier molecular flexibility index (Phi) is 13.1. The molecule has 0 saturated heterocycles. The zero-order chi connectivity index (χ0) is 9.98. The molecule has 0 aliphatic carbocycles. The number of hydrogen-bond acceptors (Lipinski definition) is 2. The molecule has 2 nitrogen and oxygen atoms in total. The second kappa shape index (κ2) is 10.9. The average Bonchev–Trinajstić information content (AvgIpc) is 1.87. The highest BCUT2D eigenvalue weighted by Gasteiger charge is 1.87. The number of aliphatic hydroxyl groups excluding tert-OH is 2. The van der Waals surface area contributed by atoms with Gasteiger partial charge in [0.05, 0.1) is 12.2 Å². The van der Waals surface area contributed by atoms with Crippen LogP contribution in [0.2, 0.25) is 0 Å². The molecular weight excluding hydrogens is 152 g/mol. The summed E-state index contributed by atoms with van der Waals surface area (Å²) < 4.78 is 0. The quantitative estimate of drug-likeness (QED) is 0.690. The zero-order valence-corrected chi connectivity index (χ0v) is 8.88. The SMILES string of the molecule is CCC[C@@H](C)O.CCC[C@H](C)O. The van der Waals surface area contributed by atoms with Crippen molar-refractivity contribution in [3.8, 4) is 0 Å². The Morgan fingerprint density at radius 1 is 0.833 bits per heavy atom. The largest absolute Gasteiger partial charge is 0.393 e. The molecular formula is C10H24O2. The summed E-state index contributed by atoms with van der Waals surface area (Å²) in [5.41, 5.74) is 0. The van der Waals surface area contributed by atoms with Gasteiger partial charge < -0.3 is 10.2 Å². The molecule has 0 amide bonds. The van der Waals surface area contributed by atoms with E-state index in [1.807, 2.05) is 13.8 Å². The van der Waals surface area contributed by atoms with Gasteiger partial charge in [-0.25, -0.2) is 0 Å². The van der Waals surface area contributed by atoms with Gasteiger partial charge in [0.15, 0.2) is 0 Å². The maximum Gasteiger partial charge on any atom is 0.0512 e. The van der Waals surface area contributed by atoms with Gasteiger partial charge in [0.25, 0.3) is 0 Å². The Morgan fingerprint density at radius 3 is 1.08 bits per heavy atom. The molecule has 0 saturated carbocycles. The molecule has 0 aromatic rings. The molecule has 0 radical (unpaired) electrons. The van der Waals surface area contributed by atoms with Crippen LogP contribution in [0.25, 0.3) is 0 Å². The lowest BCUT2D eigenvalue weighted by Gasteiger charge is -1.95. The second-order valence-corrected chi connectivity index (χ2v) is 3.28. The third kappa shape index (κ3) is 22.5. The van der Waals surface area contributed by atoms with E-state index in [0.717, 1.165) is 25.7 Å². The van der Waals surface area contributed by atoms with Crippen LogP contribution in [0.1, 0.15) is 53.4 Å². The molecule has 2 N–H and O–H groups in total. The predicted octanol–water partition coefficient (Wildman–Crippen LogP) is 2.33. The Balaban J connectivity index is 0. The summed E-state index contributed by atoms with van der Waals surface area (Å²) in [6.45, 7) is 7.74. The molecule has 76 valence electrons.